The number of likely N-dealkylation sites (tertiary alicyclic amines) is 1. The van der Waals surface area contributed by atoms with Crippen LogP contribution in [0.1, 0.15) is 26.7 Å². The quantitative estimate of drug-likeness (QED) is 0.842. The molecule has 1 saturated heterocycles. The highest BCUT2D eigenvalue weighted by molar-refractivity contribution is 5.74. The molecule has 6 nitrogen and oxygen atoms in total. The average molecular weight is 278 g/mol. The van der Waals surface area contributed by atoms with Crippen molar-refractivity contribution in [1.29, 1.82) is 0 Å². The summed E-state index contributed by atoms with van der Waals surface area (Å²) in [5.74, 6) is 0.571. The van der Waals surface area contributed by atoms with E-state index in [0.29, 0.717) is 12.4 Å². The Hall–Kier alpha value is -1.85. The van der Waals surface area contributed by atoms with Crippen molar-refractivity contribution < 1.29 is 9.53 Å². The molecule has 1 aliphatic rings. The number of piperidine rings is 1. The average Bonchev–Trinajstić information content (AvgIpc) is 2.49. The maximum absolute atomic E-state index is 12.3. The van der Waals surface area contributed by atoms with Crippen LogP contribution in [-0.2, 0) is 0 Å². The molecule has 1 aromatic rings. The number of nitrogens with zero attached hydrogens (tertiary/aromatic N) is 4. The first-order valence-corrected chi connectivity index (χ1v) is 7.21. The van der Waals surface area contributed by atoms with E-state index >= 15 is 0 Å². The van der Waals surface area contributed by atoms with Gasteiger partial charge in [0.15, 0.2) is 0 Å². The fraction of sp³-hybridized carbons (Fsp3) is 0.643. The topological polar surface area (TPSA) is 58.6 Å². The molecule has 0 bridgehead atoms. The first kappa shape index (κ1) is 14.6. The Bertz CT molecular complexity index is 422. The lowest BCUT2D eigenvalue weighted by molar-refractivity contribution is 0.0835. The van der Waals surface area contributed by atoms with Gasteiger partial charge in [0.05, 0.1) is 6.54 Å². The molecule has 110 valence electrons. The Morgan fingerprint density at radius 1 is 1.50 bits per heavy atom. The van der Waals surface area contributed by atoms with Crippen LogP contribution in [-0.4, -0.2) is 58.1 Å². The lowest BCUT2D eigenvalue weighted by atomic mass is 10.1. The third kappa shape index (κ3) is 3.59. The van der Waals surface area contributed by atoms with E-state index in [-0.39, 0.29) is 12.1 Å². The van der Waals surface area contributed by atoms with Crippen LogP contribution in [0.15, 0.2) is 18.6 Å². The van der Waals surface area contributed by atoms with Gasteiger partial charge in [-0.1, -0.05) is 0 Å². The number of hydrogen-bond acceptors (Lipinski definition) is 4. The molecule has 1 fully saturated rings. The van der Waals surface area contributed by atoms with Crippen molar-refractivity contribution in [2.75, 3.05) is 26.2 Å². The largest absolute Gasteiger partial charge is 0.472 e. The predicted molar refractivity (Wildman–Crippen MR) is 75.6 cm³/mol. The number of carbonyl (C=O) groups excluding carboxylic acids is 1. The van der Waals surface area contributed by atoms with E-state index in [4.69, 9.17) is 4.74 Å². The standard InChI is InChI=1S/C14H22N4O2/c1-3-17(4-2)14(19)18-9-5-6-12(10-18)20-13-7-8-15-11-16-13/h7-8,11-12H,3-6,9-10H2,1-2H3. The molecular weight excluding hydrogens is 256 g/mol. The van der Waals surface area contributed by atoms with Crippen LogP contribution in [0.5, 0.6) is 5.88 Å². The predicted octanol–water partition coefficient (Wildman–Crippen LogP) is 1.78. The normalized spacial score (nSPS) is 18.7. The van der Waals surface area contributed by atoms with E-state index in [2.05, 4.69) is 9.97 Å². The zero-order valence-electron chi connectivity index (χ0n) is 12.2. The van der Waals surface area contributed by atoms with Crippen molar-refractivity contribution in [1.82, 2.24) is 19.8 Å². The Balaban J connectivity index is 1.93. The summed E-state index contributed by atoms with van der Waals surface area (Å²) in [7, 11) is 0. The van der Waals surface area contributed by atoms with Gasteiger partial charge in [0.2, 0.25) is 5.88 Å². The molecule has 2 rings (SSSR count). The summed E-state index contributed by atoms with van der Waals surface area (Å²) < 4.78 is 5.82. The minimum absolute atomic E-state index is 0.0122. The molecule has 20 heavy (non-hydrogen) atoms. The van der Waals surface area contributed by atoms with Crippen molar-refractivity contribution in [3.8, 4) is 5.88 Å². The van der Waals surface area contributed by atoms with E-state index < -0.39 is 0 Å². The summed E-state index contributed by atoms with van der Waals surface area (Å²) in [6.45, 7) is 6.91. The molecule has 1 unspecified atom stereocenters. The number of carbonyl (C=O) groups is 1. The summed E-state index contributed by atoms with van der Waals surface area (Å²) in [4.78, 5) is 24.0. The van der Waals surface area contributed by atoms with Gasteiger partial charge >= 0.3 is 6.03 Å². The summed E-state index contributed by atoms with van der Waals surface area (Å²) in [5, 5.41) is 0. The van der Waals surface area contributed by atoms with Crippen molar-refractivity contribution in [3.63, 3.8) is 0 Å². The fourth-order valence-corrected chi connectivity index (χ4v) is 2.42. The summed E-state index contributed by atoms with van der Waals surface area (Å²) >= 11 is 0. The highest BCUT2D eigenvalue weighted by atomic mass is 16.5. The van der Waals surface area contributed by atoms with E-state index in [1.54, 1.807) is 12.3 Å². The number of aromatic nitrogens is 2. The van der Waals surface area contributed by atoms with Gasteiger partial charge in [-0.05, 0) is 26.7 Å². The van der Waals surface area contributed by atoms with Gasteiger partial charge in [-0.25, -0.2) is 14.8 Å². The molecule has 0 aliphatic carbocycles. The van der Waals surface area contributed by atoms with Gasteiger partial charge in [0.1, 0.15) is 12.4 Å². The second-order valence-electron chi connectivity index (χ2n) is 4.83. The number of urea groups is 1. The van der Waals surface area contributed by atoms with Crippen LogP contribution in [0.2, 0.25) is 0 Å². The molecule has 1 aliphatic heterocycles. The summed E-state index contributed by atoms with van der Waals surface area (Å²) in [5.41, 5.74) is 0. The van der Waals surface area contributed by atoms with Gasteiger partial charge in [-0.2, -0.15) is 0 Å². The van der Waals surface area contributed by atoms with Crippen LogP contribution in [0.4, 0.5) is 4.79 Å². The third-order valence-corrected chi connectivity index (χ3v) is 3.52. The molecular formula is C14H22N4O2. The number of hydrogen-bond donors (Lipinski definition) is 0. The Labute approximate surface area is 119 Å². The third-order valence-electron chi connectivity index (χ3n) is 3.52. The van der Waals surface area contributed by atoms with Crippen molar-refractivity contribution in [3.05, 3.63) is 18.6 Å². The second kappa shape index (κ2) is 7.07. The van der Waals surface area contributed by atoms with E-state index in [0.717, 1.165) is 32.5 Å². The molecule has 1 atom stereocenters. The first-order valence-electron chi connectivity index (χ1n) is 7.21. The second-order valence-corrected chi connectivity index (χ2v) is 4.83. The summed E-state index contributed by atoms with van der Waals surface area (Å²) in [6, 6.07) is 1.84. The van der Waals surface area contributed by atoms with Crippen LogP contribution < -0.4 is 4.74 Å². The van der Waals surface area contributed by atoms with Crippen LogP contribution >= 0.6 is 0 Å². The SMILES string of the molecule is CCN(CC)C(=O)N1CCCC(Oc2ccncn2)C1. The first-order chi connectivity index (χ1) is 9.74. The number of amides is 2. The maximum atomic E-state index is 12.3. The lowest BCUT2D eigenvalue weighted by Gasteiger charge is -2.35. The van der Waals surface area contributed by atoms with Gasteiger partial charge in [-0.3, -0.25) is 0 Å². The molecule has 0 spiro atoms. The van der Waals surface area contributed by atoms with Gasteiger partial charge in [0, 0.05) is 31.9 Å². The monoisotopic (exact) mass is 278 g/mol. The van der Waals surface area contributed by atoms with Gasteiger partial charge in [0.25, 0.3) is 0 Å². The molecule has 0 saturated carbocycles. The van der Waals surface area contributed by atoms with E-state index in [9.17, 15) is 4.79 Å². The molecule has 0 N–H and O–H groups in total. The van der Waals surface area contributed by atoms with Crippen LogP contribution in [0.25, 0.3) is 0 Å². The highest BCUT2D eigenvalue weighted by Gasteiger charge is 2.27. The maximum Gasteiger partial charge on any atom is 0.320 e. The van der Waals surface area contributed by atoms with Gasteiger partial charge in [-0.15, -0.1) is 0 Å². The van der Waals surface area contributed by atoms with Crippen LogP contribution in [0.3, 0.4) is 0 Å². The Morgan fingerprint density at radius 2 is 2.30 bits per heavy atom. The van der Waals surface area contributed by atoms with Crippen molar-refractivity contribution in [2.24, 2.45) is 0 Å². The van der Waals surface area contributed by atoms with Crippen LogP contribution in [0, 0.1) is 0 Å². The van der Waals surface area contributed by atoms with Gasteiger partial charge < -0.3 is 14.5 Å². The minimum atomic E-state index is 0.0122. The molecule has 0 aromatic carbocycles. The molecule has 2 amide bonds. The minimum Gasteiger partial charge on any atom is -0.472 e. The van der Waals surface area contributed by atoms with Crippen molar-refractivity contribution >= 4 is 6.03 Å². The molecule has 1 aromatic heterocycles. The molecule has 6 heteroatoms. The zero-order chi connectivity index (χ0) is 14.4. The van der Waals surface area contributed by atoms with E-state index in [1.807, 2.05) is 23.6 Å². The molecule has 2 heterocycles. The highest BCUT2D eigenvalue weighted by Crippen LogP contribution is 2.17. The smallest absolute Gasteiger partial charge is 0.320 e. The van der Waals surface area contributed by atoms with Crippen molar-refractivity contribution in [2.45, 2.75) is 32.8 Å². The number of rotatable bonds is 4. The number of ether oxygens (including phenoxy) is 1. The van der Waals surface area contributed by atoms with E-state index in [1.165, 1.54) is 6.33 Å². The Kier molecular flexibility index (Phi) is 5.15. The molecule has 0 radical (unpaired) electrons. The Morgan fingerprint density at radius 3 is 2.95 bits per heavy atom. The summed E-state index contributed by atoms with van der Waals surface area (Å²) in [6.07, 6.45) is 5.05. The lowest BCUT2D eigenvalue weighted by Crippen LogP contribution is -2.50. The fourth-order valence-electron chi connectivity index (χ4n) is 2.42. The zero-order valence-corrected chi connectivity index (χ0v) is 12.2.